The van der Waals surface area contributed by atoms with Crippen LogP contribution in [0.25, 0.3) is 0 Å². The van der Waals surface area contributed by atoms with Crippen molar-refractivity contribution in [2.75, 3.05) is 0 Å². The van der Waals surface area contributed by atoms with Crippen molar-refractivity contribution in [3.63, 3.8) is 0 Å². The van der Waals surface area contributed by atoms with Gasteiger partial charge in [-0.15, -0.1) is 36.0 Å². The van der Waals surface area contributed by atoms with Gasteiger partial charge in [-0.25, -0.2) is 0 Å². The zero-order valence-corrected chi connectivity index (χ0v) is 14.7. The lowest BCUT2D eigenvalue weighted by molar-refractivity contribution is -0.124. The van der Waals surface area contributed by atoms with Crippen molar-refractivity contribution in [2.45, 2.75) is 25.4 Å². The Labute approximate surface area is 93.1 Å². The van der Waals surface area contributed by atoms with Gasteiger partial charge in [-0.2, -0.15) is 0 Å². The summed E-state index contributed by atoms with van der Waals surface area (Å²) in [6.07, 6.45) is 0. The summed E-state index contributed by atoms with van der Waals surface area (Å²) in [7, 11) is 11.1. The molecule has 0 saturated heterocycles. The molecule has 13 heavy (non-hydrogen) atoms. The molecule has 0 aromatic carbocycles. The largest absolute Gasteiger partial charge is 0.297 e. The van der Waals surface area contributed by atoms with E-state index in [0.717, 1.165) is 0 Å². The topological polar surface area (TPSA) is 17.1 Å². The Kier molecular flexibility index (Phi) is 6.50. The second-order valence-corrected chi connectivity index (χ2v) is 14.8. The lowest BCUT2D eigenvalue weighted by Crippen LogP contribution is -2.33. The van der Waals surface area contributed by atoms with Crippen LogP contribution in [0.3, 0.4) is 0 Å². The Balaban J connectivity index is 4.89. The Morgan fingerprint density at radius 1 is 1.31 bits per heavy atom. The molecule has 0 spiro atoms. The minimum Gasteiger partial charge on any atom is -0.297 e. The molecule has 1 nitrogen and oxygen atoms in total. The molecule has 0 aliphatic heterocycles. The van der Waals surface area contributed by atoms with Gasteiger partial charge in [0.2, 0.25) is 0 Å². The molecule has 0 aromatic heterocycles. The molecule has 0 aliphatic rings. The average Bonchev–Trinajstić information content (AvgIpc) is 1.99. The van der Waals surface area contributed by atoms with E-state index in [1.807, 2.05) is 20.8 Å². The van der Waals surface area contributed by atoms with Gasteiger partial charge in [0.15, 0.2) is 5.78 Å². The normalized spacial score (nSPS) is 18.2. The van der Waals surface area contributed by atoms with Gasteiger partial charge in [-0.3, -0.25) is 4.79 Å². The molecule has 0 heterocycles. The van der Waals surface area contributed by atoms with E-state index in [1.165, 1.54) is 0 Å². The monoisotopic (exact) mass is 292 g/mol. The maximum atomic E-state index is 12.1. The molecule has 0 bridgehead atoms. The van der Waals surface area contributed by atoms with E-state index in [2.05, 4.69) is 36.0 Å². The summed E-state index contributed by atoms with van der Waals surface area (Å²) in [6.45, 7) is 5.94. The molecule has 0 aliphatic carbocycles. The molecule has 7 heteroatoms. The number of carbonyl (C=O) groups is 1. The van der Waals surface area contributed by atoms with E-state index in [4.69, 9.17) is 0 Å². The van der Waals surface area contributed by atoms with Crippen LogP contribution in [0.1, 0.15) is 20.8 Å². The van der Waals surface area contributed by atoms with E-state index in [0.29, 0.717) is 14.1 Å². The van der Waals surface area contributed by atoms with Crippen molar-refractivity contribution < 1.29 is 4.79 Å². The summed E-state index contributed by atoms with van der Waals surface area (Å²) < 4.78 is -0.256. The summed E-state index contributed by atoms with van der Waals surface area (Å²) in [6, 6.07) is 0. The fourth-order valence-corrected chi connectivity index (χ4v) is 9.40. The van der Waals surface area contributed by atoms with E-state index in [-0.39, 0.29) is 10.1 Å². The molecule has 6 unspecified atom stereocenters. The maximum Gasteiger partial charge on any atom is 0.157 e. The number of carbonyl (C=O) groups excluding carboxylic acids is 1. The molecule has 0 rings (SSSR count). The lowest BCUT2D eigenvalue weighted by Gasteiger charge is -2.35. The van der Waals surface area contributed by atoms with Crippen molar-refractivity contribution in [1.82, 2.24) is 0 Å². The van der Waals surface area contributed by atoms with Crippen molar-refractivity contribution >= 4 is 57.4 Å². The lowest BCUT2D eigenvalue weighted by atomic mass is 9.92. The van der Waals surface area contributed by atoms with Crippen molar-refractivity contribution in [2.24, 2.45) is 5.41 Å². The van der Waals surface area contributed by atoms with Gasteiger partial charge in [0.05, 0.1) is 4.64 Å². The number of Topliss-reactive ketones (excluding diaryl/α,β-unsaturated/α-hetero) is 1. The number of hydrogen-bond donors (Lipinski definition) is 0. The van der Waals surface area contributed by atoms with E-state index in [9.17, 15) is 4.79 Å². The van der Waals surface area contributed by atoms with Crippen LogP contribution in [0.4, 0.5) is 0 Å². The zero-order chi connectivity index (χ0) is 10.9. The van der Waals surface area contributed by atoms with Gasteiger partial charge in [0.1, 0.15) is 0 Å². The fourth-order valence-electron chi connectivity index (χ4n) is 0.829. The van der Waals surface area contributed by atoms with Crippen LogP contribution in [-0.4, -0.2) is 10.4 Å². The minimum absolute atomic E-state index is 0.251. The molecular formula is C6H18OP6. The zero-order valence-electron chi connectivity index (χ0n) is 8.16. The Morgan fingerprint density at radius 2 is 1.69 bits per heavy atom. The molecule has 0 fully saturated rings. The first-order valence-electron chi connectivity index (χ1n) is 3.77. The van der Waals surface area contributed by atoms with Gasteiger partial charge < -0.3 is 0 Å². The maximum absolute atomic E-state index is 12.1. The summed E-state index contributed by atoms with van der Waals surface area (Å²) >= 11 is 0. The van der Waals surface area contributed by atoms with Gasteiger partial charge in [0, 0.05) is 5.41 Å². The van der Waals surface area contributed by atoms with Crippen LogP contribution < -0.4 is 0 Å². The quantitative estimate of drug-likeness (QED) is 0.725. The van der Waals surface area contributed by atoms with E-state index >= 15 is 0 Å². The van der Waals surface area contributed by atoms with Crippen molar-refractivity contribution in [3.8, 4) is 0 Å². The molecule has 0 N–H and O–H groups in total. The van der Waals surface area contributed by atoms with E-state index < -0.39 is 7.30 Å². The molecule has 6 atom stereocenters. The summed E-state index contributed by atoms with van der Waals surface area (Å²) in [5, 5.41) is 0. The Morgan fingerprint density at radius 3 is 1.77 bits per heavy atom. The van der Waals surface area contributed by atoms with Gasteiger partial charge in [-0.05, 0) is 7.30 Å². The fraction of sp³-hybridized carbons (Fsp3) is 0.833. The van der Waals surface area contributed by atoms with Crippen LogP contribution in [0.15, 0.2) is 0 Å². The predicted octanol–water partition coefficient (Wildman–Crippen LogP) is 3.66. The Bertz CT molecular complexity index is 198. The van der Waals surface area contributed by atoms with Crippen molar-refractivity contribution in [1.29, 1.82) is 0 Å². The highest BCUT2D eigenvalue weighted by Gasteiger charge is 2.41. The molecular weight excluding hydrogens is 274 g/mol. The minimum atomic E-state index is -0.411. The summed E-state index contributed by atoms with van der Waals surface area (Å²) in [5.41, 5.74) is -0.251. The highest BCUT2D eigenvalue weighted by molar-refractivity contribution is 8.48. The number of rotatable bonds is 3. The third-order valence-corrected chi connectivity index (χ3v) is 15.0. The second-order valence-electron chi connectivity index (χ2n) is 3.90. The SMILES string of the molecule is CC(C)(C)C(=O)C(P)(PP)P(P)P. The van der Waals surface area contributed by atoms with E-state index in [1.54, 1.807) is 0 Å². The third kappa shape index (κ3) is 3.96. The standard InChI is InChI=1S/C6H18OP6/c1-5(2,3)4(7)6(8,12-9)13(10)11/h12H,8-11H2,1-3H3. The van der Waals surface area contributed by atoms with Crippen molar-refractivity contribution in [3.05, 3.63) is 0 Å². The first-order valence-corrected chi connectivity index (χ1v) is 11.7. The molecule has 78 valence electrons. The van der Waals surface area contributed by atoms with Gasteiger partial charge in [0.25, 0.3) is 0 Å². The smallest absolute Gasteiger partial charge is 0.157 e. The molecule has 0 amide bonds. The van der Waals surface area contributed by atoms with Crippen LogP contribution in [-0.2, 0) is 4.79 Å². The van der Waals surface area contributed by atoms with Crippen LogP contribution in [0.2, 0.25) is 0 Å². The molecule has 0 aromatic rings. The molecule has 0 radical (unpaired) electrons. The molecule has 0 saturated carbocycles. The third-order valence-electron chi connectivity index (χ3n) is 1.65. The summed E-state index contributed by atoms with van der Waals surface area (Å²) in [4.78, 5) is 12.1. The van der Waals surface area contributed by atoms with Crippen LogP contribution in [0, 0.1) is 5.41 Å². The highest BCUT2D eigenvalue weighted by Crippen LogP contribution is 2.75. The second kappa shape index (κ2) is 5.54. The predicted molar refractivity (Wildman–Crippen MR) is 81.3 cm³/mol. The van der Waals surface area contributed by atoms with Crippen LogP contribution >= 0.6 is 51.6 Å². The number of ketones is 1. The summed E-state index contributed by atoms with van der Waals surface area (Å²) in [5.74, 6) is 0.328. The highest BCUT2D eigenvalue weighted by atomic mass is 32.4. The first kappa shape index (κ1) is 15.2. The van der Waals surface area contributed by atoms with Gasteiger partial charge >= 0.3 is 0 Å². The number of hydrogen-bond acceptors (Lipinski definition) is 1. The van der Waals surface area contributed by atoms with Gasteiger partial charge in [-0.1, -0.05) is 29.0 Å². The Hall–Kier alpha value is 2.25. The first-order chi connectivity index (χ1) is 5.66. The average molecular weight is 292 g/mol. The van der Waals surface area contributed by atoms with Crippen LogP contribution in [0.5, 0.6) is 0 Å².